The van der Waals surface area contributed by atoms with Crippen molar-refractivity contribution in [2.45, 2.75) is 19.1 Å². The van der Waals surface area contributed by atoms with Gasteiger partial charge in [-0.05, 0) is 19.1 Å². The summed E-state index contributed by atoms with van der Waals surface area (Å²) in [4.78, 5) is 4.33. The Bertz CT molecular complexity index is 526. The fraction of sp³-hybridized carbons (Fsp3) is 0.357. The van der Waals surface area contributed by atoms with Gasteiger partial charge < -0.3 is 14.8 Å². The molecule has 0 amide bonds. The Morgan fingerprint density at radius 2 is 2.26 bits per heavy atom. The number of benzene rings is 1. The van der Waals surface area contributed by atoms with E-state index in [1.54, 1.807) is 11.3 Å². The molecule has 100 valence electrons. The molecule has 0 spiro atoms. The standard InChI is InChI=1S/C14H16N2O2S/c1-10(14-15-6-7-19-14)16-12-4-2-3-5-13(12)18-11-8-17-9-11/h2-7,10-11,16H,8-9H2,1H3. The van der Waals surface area contributed by atoms with Crippen molar-refractivity contribution in [3.05, 3.63) is 40.8 Å². The molecular formula is C14H16N2O2S. The summed E-state index contributed by atoms with van der Waals surface area (Å²) in [6.07, 6.45) is 2.00. The lowest BCUT2D eigenvalue weighted by Gasteiger charge is -2.28. The molecule has 5 heteroatoms. The van der Waals surface area contributed by atoms with Crippen molar-refractivity contribution in [3.63, 3.8) is 0 Å². The van der Waals surface area contributed by atoms with Gasteiger partial charge in [0.2, 0.25) is 0 Å². The first-order valence-corrected chi connectivity index (χ1v) is 7.20. The topological polar surface area (TPSA) is 43.4 Å². The second kappa shape index (κ2) is 5.59. The van der Waals surface area contributed by atoms with Gasteiger partial charge in [-0.2, -0.15) is 0 Å². The Kier molecular flexibility index (Phi) is 3.66. The van der Waals surface area contributed by atoms with Crippen molar-refractivity contribution in [2.75, 3.05) is 18.5 Å². The lowest BCUT2D eigenvalue weighted by atomic mass is 10.2. The first kappa shape index (κ1) is 12.4. The number of aromatic nitrogens is 1. The molecule has 1 aromatic heterocycles. The normalized spacial score (nSPS) is 16.7. The van der Waals surface area contributed by atoms with Crippen LogP contribution in [0.15, 0.2) is 35.8 Å². The van der Waals surface area contributed by atoms with Crippen LogP contribution in [0.1, 0.15) is 18.0 Å². The van der Waals surface area contributed by atoms with E-state index in [1.165, 1.54) is 0 Å². The molecule has 1 aliphatic rings. The van der Waals surface area contributed by atoms with Crippen molar-refractivity contribution in [2.24, 2.45) is 0 Å². The zero-order valence-corrected chi connectivity index (χ0v) is 11.5. The molecule has 1 fully saturated rings. The summed E-state index contributed by atoms with van der Waals surface area (Å²) in [5.41, 5.74) is 0.997. The SMILES string of the molecule is CC(Nc1ccccc1OC1COC1)c1nccs1. The van der Waals surface area contributed by atoms with E-state index < -0.39 is 0 Å². The van der Waals surface area contributed by atoms with Gasteiger partial charge in [0.25, 0.3) is 0 Å². The summed E-state index contributed by atoms with van der Waals surface area (Å²) in [6.45, 7) is 3.45. The van der Waals surface area contributed by atoms with Crippen molar-refractivity contribution in [3.8, 4) is 5.75 Å². The molecule has 0 bridgehead atoms. The van der Waals surface area contributed by atoms with E-state index in [-0.39, 0.29) is 12.1 Å². The monoisotopic (exact) mass is 276 g/mol. The van der Waals surface area contributed by atoms with E-state index >= 15 is 0 Å². The summed E-state index contributed by atoms with van der Waals surface area (Å²) in [5.74, 6) is 0.874. The van der Waals surface area contributed by atoms with Gasteiger partial charge in [0, 0.05) is 11.6 Å². The summed E-state index contributed by atoms with van der Waals surface area (Å²) >= 11 is 1.65. The quantitative estimate of drug-likeness (QED) is 0.911. The third-order valence-corrected chi connectivity index (χ3v) is 3.94. The minimum Gasteiger partial charge on any atom is -0.483 e. The molecule has 1 N–H and O–H groups in total. The highest BCUT2D eigenvalue weighted by atomic mass is 32.1. The van der Waals surface area contributed by atoms with Crippen LogP contribution in [0.4, 0.5) is 5.69 Å². The van der Waals surface area contributed by atoms with Crippen LogP contribution in [-0.4, -0.2) is 24.3 Å². The van der Waals surface area contributed by atoms with Gasteiger partial charge in [-0.3, -0.25) is 0 Å². The lowest BCUT2D eigenvalue weighted by Crippen LogP contribution is -2.38. The van der Waals surface area contributed by atoms with Gasteiger partial charge in [-0.15, -0.1) is 11.3 Å². The van der Waals surface area contributed by atoms with Crippen LogP contribution in [0, 0.1) is 0 Å². The van der Waals surface area contributed by atoms with Crippen molar-refractivity contribution < 1.29 is 9.47 Å². The summed E-state index contributed by atoms with van der Waals surface area (Å²) in [5, 5.41) is 6.51. The summed E-state index contributed by atoms with van der Waals surface area (Å²) in [7, 11) is 0. The number of nitrogens with zero attached hydrogens (tertiary/aromatic N) is 1. The van der Waals surface area contributed by atoms with Gasteiger partial charge in [-0.1, -0.05) is 12.1 Å². The zero-order chi connectivity index (χ0) is 13.1. The molecule has 1 saturated heterocycles. The first-order chi connectivity index (χ1) is 9.33. The molecule has 1 atom stereocenters. The van der Waals surface area contributed by atoms with Crippen LogP contribution in [0.25, 0.3) is 0 Å². The van der Waals surface area contributed by atoms with Crippen LogP contribution >= 0.6 is 11.3 Å². The van der Waals surface area contributed by atoms with Gasteiger partial charge in [0.05, 0.1) is 24.9 Å². The number of thiazole rings is 1. The molecule has 0 aliphatic carbocycles. The number of ether oxygens (including phenoxy) is 2. The van der Waals surface area contributed by atoms with Crippen molar-refractivity contribution in [1.29, 1.82) is 0 Å². The number of anilines is 1. The van der Waals surface area contributed by atoms with E-state index in [9.17, 15) is 0 Å². The van der Waals surface area contributed by atoms with E-state index in [0.717, 1.165) is 16.4 Å². The minimum absolute atomic E-state index is 0.169. The number of hydrogen-bond acceptors (Lipinski definition) is 5. The highest BCUT2D eigenvalue weighted by Crippen LogP contribution is 2.30. The predicted octanol–water partition coefficient (Wildman–Crippen LogP) is 3.09. The number of rotatable bonds is 5. The third kappa shape index (κ3) is 2.88. The Morgan fingerprint density at radius 1 is 1.42 bits per heavy atom. The smallest absolute Gasteiger partial charge is 0.145 e. The first-order valence-electron chi connectivity index (χ1n) is 6.32. The summed E-state index contributed by atoms with van der Waals surface area (Å²) < 4.78 is 11.0. The maximum absolute atomic E-state index is 5.90. The lowest BCUT2D eigenvalue weighted by molar-refractivity contribution is -0.0794. The van der Waals surface area contributed by atoms with E-state index in [2.05, 4.69) is 17.2 Å². The average Bonchev–Trinajstić information content (AvgIpc) is 2.89. The van der Waals surface area contributed by atoms with E-state index in [1.807, 2.05) is 35.8 Å². The number of nitrogens with one attached hydrogen (secondary N) is 1. The molecular weight excluding hydrogens is 260 g/mol. The Labute approximate surface area is 116 Å². The van der Waals surface area contributed by atoms with Gasteiger partial charge in [-0.25, -0.2) is 4.98 Å². The number of hydrogen-bond donors (Lipinski definition) is 1. The highest BCUT2D eigenvalue weighted by molar-refractivity contribution is 7.09. The molecule has 1 aliphatic heterocycles. The Balaban J connectivity index is 1.72. The Morgan fingerprint density at radius 3 is 2.95 bits per heavy atom. The van der Waals surface area contributed by atoms with Gasteiger partial charge in [0.15, 0.2) is 0 Å². The van der Waals surface area contributed by atoms with E-state index in [0.29, 0.717) is 13.2 Å². The van der Waals surface area contributed by atoms with Crippen molar-refractivity contribution >= 4 is 17.0 Å². The van der Waals surface area contributed by atoms with Crippen LogP contribution < -0.4 is 10.1 Å². The Hall–Kier alpha value is -1.59. The molecule has 3 rings (SSSR count). The van der Waals surface area contributed by atoms with Crippen LogP contribution in [0.3, 0.4) is 0 Å². The zero-order valence-electron chi connectivity index (χ0n) is 10.7. The number of para-hydroxylation sites is 2. The van der Waals surface area contributed by atoms with Crippen molar-refractivity contribution in [1.82, 2.24) is 4.98 Å². The minimum atomic E-state index is 0.169. The maximum Gasteiger partial charge on any atom is 0.145 e. The fourth-order valence-corrected chi connectivity index (χ4v) is 2.54. The largest absolute Gasteiger partial charge is 0.483 e. The molecule has 19 heavy (non-hydrogen) atoms. The second-order valence-corrected chi connectivity index (χ2v) is 5.44. The van der Waals surface area contributed by atoms with E-state index in [4.69, 9.17) is 9.47 Å². The third-order valence-electron chi connectivity index (χ3n) is 2.98. The highest BCUT2D eigenvalue weighted by Gasteiger charge is 2.21. The van der Waals surface area contributed by atoms with Gasteiger partial charge >= 0.3 is 0 Å². The predicted molar refractivity (Wildman–Crippen MR) is 75.8 cm³/mol. The second-order valence-electron chi connectivity index (χ2n) is 4.51. The fourth-order valence-electron chi connectivity index (χ4n) is 1.89. The van der Waals surface area contributed by atoms with Gasteiger partial charge in [0.1, 0.15) is 16.9 Å². The van der Waals surface area contributed by atoms with Crippen LogP contribution in [0.5, 0.6) is 5.75 Å². The summed E-state index contributed by atoms with van der Waals surface area (Å²) in [6, 6.07) is 8.16. The average molecular weight is 276 g/mol. The molecule has 1 aromatic carbocycles. The van der Waals surface area contributed by atoms with Crippen LogP contribution in [0.2, 0.25) is 0 Å². The molecule has 0 saturated carbocycles. The molecule has 4 nitrogen and oxygen atoms in total. The molecule has 2 aromatic rings. The maximum atomic E-state index is 5.90. The molecule has 2 heterocycles. The van der Waals surface area contributed by atoms with Crippen LogP contribution in [-0.2, 0) is 4.74 Å². The molecule has 0 radical (unpaired) electrons. The molecule has 1 unspecified atom stereocenters.